The normalized spacial score (nSPS) is 27.9. The van der Waals surface area contributed by atoms with Crippen molar-refractivity contribution in [2.45, 2.75) is 30.7 Å². The molecule has 2 aliphatic rings. The average molecular weight is 329 g/mol. The van der Waals surface area contributed by atoms with Gasteiger partial charge in [-0.3, -0.25) is 9.59 Å². The van der Waals surface area contributed by atoms with Crippen LogP contribution in [0.1, 0.15) is 19.8 Å². The zero-order valence-corrected chi connectivity index (χ0v) is 12.9. The number of hydrogen-bond acceptors (Lipinski definition) is 3. The molecule has 2 atom stereocenters. The Morgan fingerprint density at radius 1 is 1.57 bits per heavy atom. The maximum Gasteiger partial charge on any atom is 0.248 e. The molecule has 2 fully saturated rings. The first-order chi connectivity index (χ1) is 9.90. The van der Waals surface area contributed by atoms with Crippen molar-refractivity contribution in [3.63, 3.8) is 0 Å². The Morgan fingerprint density at radius 2 is 2.33 bits per heavy atom. The van der Waals surface area contributed by atoms with Crippen LogP contribution in [0, 0.1) is 5.82 Å². The number of nitrogens with zero attached hydrogens (tertiary/aromatic N) is 1. The van der Waals surface area contributed by atoms with Gasteiger partial charge in [0, 0.05) is 12.2 Å². The number of nitrogens with one attached hydrogen (secondary N) is 1. The molecule has 2 unspecified atom stereocenters. The predicted octanol–water partition coefficient (Wildman–Crippen LogP) is 2.87. The molecule has 112 valence electrons. The molecule has 3 rings (SSSR count). The first kappa shape index (κ1) is 14.7. The molecular formula is C14H14ClFN2O2S. The van der Waals surface area contributed by atoms with Gasteiger partial charge in [0.15, 0.2) is 0 Å². The van der Waals surface area contributed by atoms with Gasteiger partial charge in [-0.1, -0.05) is 11.6 Å². The molecule has 1 N–H and O–H groups in total. The lowest BCUT2D eigenvalue weighted by atomic mass is 10.2. The van der Waals surface area contributed by atoms with E-state index in [-0.39, 0.29) is 21.7 Å². The highest BCUT2D eigenvalue weighted by molar-refractivity contribution is 8.01. The quantitative estimate of drug-likeness (QED) is 0.908. The first-order valence-electron chi connectivity index (χ1n) is 6.63. The fourth-order valence-corrected chi connectivity index (χ4v) is 4.47. The van der Waals surface area contributed by atoms with Crippen molar-refractivity contribution in [2.75, 3.05) is 11.1 Å². The molecule has 2 heterocycles. The van der Waals surface area contributed by atoms with Gasteiger partial charge in [0.1, 0.15) is 11.9 Å². The van der Waals surface area contributed by atoms with Crippen LogP contribution in [0.3, 0.4) is 0 Å². The number of thioether (sulfide) groups is 1. The van der Waals surface area contributed by atoms with Crippen LogP contribution in [-0.2, 0) is 9.59 Å². The van der Waals surface area contributed by atoms with Crippen LogP contribution >= 0.6 is 23.4 Å². The van der Waals surface area contributed by atoms with Gasteiger partial charge in [-0.05, 0) is 31.5 Å². The molecule has 4 nitrogen and oxygen atoms in total. The third kappa shape index (κ3) is 2.51. The van der Waals surface area contributed by atoms with Gasteiger partial charge in [-0.2, -0.15) is 0 Å². The first-order valence-corrected chi connectivity index (χ1v) is 7.99. The van der Waals surface area contributed by atoms with Crippen molar-refractivity contribution < 1.29 is 14.0 Å². The molecule has 0 saturated carbocycles. The number of halogens is 2. The molecule has 2 saturated heterocycles. The molecule has 2 amide bonds. The minimum atomic E-state index is -0.504. The van der Waals surface area contributed by atoms with Crippen LogP contribution in [0.4, 0.5) is 10.1 Å². The molecule has 0 aromatic heterocycles. The number of hydrogen-bond donors (Lipinski definition) is 1. The molecule has 0 aliphatic carbocycles. The van der Waals surface area contributed by atoms with Crippen LogP contribution in [0.5, 0.6) is 0 Å². The molecule has 1 aromatic rings. The summed E-state index contributed by atoms with van der Waals surface area (Å²) in [6.07, 6.45) is 1.24. The zero-order chi connectivity index (χ0) is 15.2. The third-order valence-electron chi connectivity index (χ3n) is 3.94. The van der Waals surface area contributed by atoms with Gasteiger partial charge in [0.05, 0.1) is 15.6 Å². The van der Waals surface area contributed by atoms with Crippen LogP contribution in [-0.4, -0.2) is 33.4 Å². The number of amides is 2. The minimum absolute atomic E-state index is 0.00727. The number of carbonyl (C=O) groups is 2. The summed E-state index contributed by atoms with van der Waals surface area (Å²) in [6.45, 7) is 1.99. The van der Waals surface area contributed by atoms with Gasteiger partial charge >= 0.3 is 0 Å². The summed E-state index contributed by atoms with van der Waals surface area (Å²) in [5.41, 5.74) is 0.355. The van der Waals surface area contributed by atoms with Crippen molar-refractivity contribution in [3.05, 3.63) is 29.0 Å². The topological polar surface area (TPSA) is 49.4 Å². The lowest BCUT2D eigenvalue weighted by Crippen LogP contribution is -2.48. The highest BCUT2D eigenvalue weighted by Crippen LogP contribution is 2.47. The second-order valence-electron chi connectivity index (χ2n) is 5.38. The number of fused-ring (bicyclic) bond motifs is 1. The molecular weight excluding hydrogens is 315 g/mol. The van der Waals surface area contributed by atoms with Crippen molar-refractivity contribution >= 4 is 40.9 Å². The van der Waals surface area contributed by atoms with E-state index in [0.29, 0.717) is 17.9 Å². The van der Waals surface area contributed by atoms with Gasteiger partial charge in [-0.15, -0.1) is 11.8 Å². The molecule has 7 heteroatoms. The summed E-state index contributed by atoms with van der Waals surface area (Å²) in [5, 5.41) is 2.83. The Labute approximate surface area is 131 Å². The Balaban J connectivity index is 1.78. The maximum atomic E-state index is 13.0. The second kappa shape index (κ2) is 5.18. The Kier molecular flexibility index (Phi) is 3.61. The zero-order valence-electron chi connectivity index (χ0n) is 11.4. The lowest BCUT2D eigenvalue weighted by molar-refractivity contribution is -0.135. The average Bonchev–Trinajstić information content (AvgIpc) is 2.90. The molecule has 2 aliphatic heterocycles. The van der Waals surface area contributed by atoms with E-state index in [1.807, 2.05) is 6.92 Å². The van der Waals surface area contributed by atoms with E-state index in [1.54, 1.807) is 16.7 Å². The van der Waals surface area contributed by atoms with Gasteiger partial charge in [0.25, 0.3) is 0 Å². The van der Waals surface area contributed by atoms with Crippen molar-refractivity contribution in [2.24, 2.45) is 0 Å². The van der Waals surface area contributed by atoms with Crippen LogP contribution in [0.25, 0.3) is 0 Å². The highest BCUT2D eigenvalue weighted by atomic mass is 35.5. The van der Waals surface area contributed by atoms with Crippen molar-refractivity contribution in [1.29, 1.82) is 0 Å². The van der Waals surface area contributed by atoms with E-state index < -0.39 is 11.9 Å². The van der Waals surface area contributed by atoms with Crippen LogP contribution < -0.4 is 5.32 Å². The molecule has 1 aromatic carbocycles. The predicted molar refractivity (Wildman–Crippen MR) is 80.8 cm³/mol. The monoisotopic (exact) mass is 328 g/mol. The van der Waals surface area contributed by atoms with E-state index in [2.05, 4.69) is 5.32 Å². The van der Waals surface area contributed by atoms with Crippen LogP contribution in [0.2, 0.25) is 5.02 Å². The number of anilines is 1. The lowest BCUT2D eigenvalue weighted by Gasteiger charge is -2.29. The summed E-state index contributed by atoms with van der Waals surface area (Å²) in [7, 11) is 0. The number of carbonyl (C=O) groups excluding carboxylic acids is 2. The largest absolute Gasteiger partial charge is 0.323 e. The third-order valence-corrected chi connectivity index (χ3v) is 5.75. The Bertz CT molecular complexity index is 627. The van der Waals surface area contributed by atoms with Crippen molar-refractivity contribution in [1.82, 2.24) is 4.90 Å². The summed E-state index contributed by atoms with van der Waals surface area (Å²) >= 11 is 7.53. The van der Waals surface area contributed by atoms with E-state index in [4.69, 9.17) is 11.6 Å². The van der Waals surface area contributed by atoms with Crippen LogP contribution in [0.15, 0.2) is 18.2 Å². The van der Waals surface area contributed by atoms with E-state index in [0.717, 1.165) is 12.5 Å². The van der Waals surface area contributed by atoms with Gasteiger partial charge in [-0.25, -0.2) is 4.39 Å². The molecule has 21 heavy (non-hydrogen) atoms. The Hall–Kier alpha value is -1.27. The fraction of sp³-hybridized carbons (Fsp3) is 0.429. The Morgan fingerprint density at radius 3 is 3.05 bits per heavy atom. The highest BCUT2D eigenvalue weighted by Gasteiger charge is 2.52. The maximum absolute atomic E-state index is 13.0. The van der Waals surface area contributed by atoms with E-state index in [9.17, 15) is 14.0 Å². The number of rotatable bonds is 2. The fourth-order valence-electron chi connectivity index (χ4n) is 2.82. The molecule has 0 spiro atoms. The van der Waals surface area contributed by atoms with Gasteiger partial charge < -0.3 is 10.2 Å². The SMILES string of the molecule is CC12CCC(=O)N1C(C(=O)Nc1ccc(F)cc1Cl)CS2. The smallest absolute Gasteiger partial charge is 0.248 e. The van der Waals surface area contributed by atoms with Gasteiger partial charge in [0.2, 0.25) is 11.8 Å². The number of benzene rings is 1. The van der Waals surface area contributed by atoms with Crippen molar-refractivity contribution in [3.8, 4) is 0 Å². The molecule has 0 radical (unpaired) electrons. The van der Waals surface area contributed by atoms with E-state index in [1.165, 1.54) is 12.1 Å². The summed E-state index contributed by atoms with van der Waals surface area (Å²) in [5.74, 6) is -0.174. The summed E-state index contributed by atoms with van der Waals surface area (Å²) in [4.78, 5) is 25.8. The minimum Gasteiger partial charge on any atom is -0.323 e. The molecule has 0 bridgehead atoms. The second-order valence-corrected chi connectivity index (χ2v) is 7.29. The summed E-state index contributed by atoms with van der Waals surface area (Å²) < 4.78 is 13.0. The standard InChI is InChI=1S/C14H14ClFN2O2S/c1-14-5-4-12(19)18(14)11(7-21-14)13(20)17-10-3-2-8(16)6-9(10)15/h2-3,6,11H,4-5,7H2,1H3,(H,17,20). The van der Waals surface area contributed by atoms with E-state index >= 15 is 0 Å². The summed E-state index contributed by atoms with van der Waals surface area (Å²) in [6, 6.07) is 3.29.